The molecule has 4 N–H and O–H groups in total. The van der Waals surface area contributed by atoms with Crippen LogP contribution in [0.2, 0.25) is 0 Å². The lowest BCUT2D eigenvalue weighted by atomic mass is 10.1. The topological polar surface area (TPSA) is 118 Å². The van der Waals surface area contributed by atoms with E-state index >= 15 is 0 Å². The first-order chi connectivity index (χ1) is 8.58. The molecule has 2 rings (SSSR count). The van der Waals surface area contributed by atoms with Crippen LogP contribution in [0, 0.1) is 5.92 Å². The van der Waals surface area contributed by atoms with Crippen LogP contribution in [-0.4, -0.2) is 33.0 Å². The molecule has 1 saturated carbocycles. The number of primary amides is 1. The van der Waals surface area contributed by atoms with Gasteiger partial charge in [0.05, 0.1) is 5.92 Å². The number of nitrogens with one attached hydrogen (secondary N) is 1. The number of hydrogen-bond donors (Lipinski definition) is 3. The van der Waals surface area contributed by atoms with Crippen LogP contribution in [-0.2, 0) is 4.79 Å². The van der Waals surface area contributed by atoms with E-state index in [1.807, 2.05) is 0 Å². The summed E-state index contributed by atoms with van der Waals surface area (Å²) in [5.41, 5.74) is 5.27. The Morgan fingerprint density at radius 1 is 1.33 bits per heavy atom. The van der Waals surface area contributed by atoms with Gasteiger partial charge in [-0.3, -0.25) is 9.59 Å². The highest BCUT2D eigenvalue weighted by Gasteiger charge is 2.30. The fourth-order valence-electron chi connectivity index (χ4n) is 2.15. The second-order valence-electron chi connectivity index (χ2n) is 4.31. The maximum atomic E-state index is 11.2. The zero-order valence-corrected chi connectivity index (χ0v) is 9.67. The highest BCUT2D eigenvalue weighted by molar-refractivity contribution is 5.95. The van der Waals surface area contributed by atoms with Gasteiger partial charge in [-0.25, -0.2) is 9.97 Å². The van der Waals surface area contributed by atoms with Crippen LogP contribution in [0.3, 0.4) is 0 Å². The van der Waals surface area contributed by atoms with Crippen molar-refractivity contribution in [2.24, 2.45) is 11.7 Å². The van der Waals surface area contributed by atoms with Crippen molar-refractivity contribution in [2.75, 3.05) is 5.32 Å². The molecule has 2 unspecified atom stereocenters. The Labute approximate surface area is 103 Å². The third-order valence-corrected chi connectivity index (χ3v) is 3.05. The van der Waals surface area contributed by atoms with E-state index in [0.717, 1.165) is 6.42 Å². The predicted octanol–water partition coefficient (Wildman–Crippen LogP) is 0.241. The average Bonchev–Trinajstić information content (AvgIpc) is 2.78. The molecule has 0 radical (unpaired) electrons. The maximum Gasteiger partial charge on any atom is 0.306 e. The highest BCUT2D eigenvalue weighted by Crippen LogP contribution is 2.28. The molecule has 18 heavy (non-hydrogen) atoms. The van der Waals surface area contributed by atoms with Gasteiger partial charge in [-0.2, -0.15) is 0 Å². The number of aromatic nitrogens is 2. The molecule has 0 bridgehead atoms. The number of nitrogens with zero attached hydrogens (tertiary/aromatic N) is 2. The first-order valence-corrected chi connectivity index (χ1v) is 5.68. The van der Waals surface area contributed by atoms with Crippen LogP contribution in [0.4, 0.5) is 5.82 Å². The molecule has 96 valence electrons. The molecular formula is C11H14N4O3. The molecule has 2 atom stereocenters. The molecule has 1 amide bonds. The molecule has 0 saturated heterocycles. The summed E-state index contributed by atoms with van der Waals surface area (Å²) >= 11 is 0. The Bertz CT molecular complexity index is 477. The first-order valence-electron chi connectivity index (χ1n) is 5.68. The van der Waals surface area contributed by atoms with Crippen LogP contribution in [0.25, 0.3) is 0 Å². The van der Waals surface area contributed by atoms with Gasteiger partial charge in [0.2, 0.25) is 0 Å². The monoisotopic (exact) mass is 250 g/mol. The van der Waals surface area contributed by atoms with Crippen LogP contribution in [0.15, 0.2) is 12.4 Å². The number of aliphatic carboxylic acids is 1. The summed E-state index contributed by atoms with van der Waals surface area (Å²) in [7, 11) is 0. The maximum absolute atomic E-state index is 11.2. The van der Waals surface area contributed by atoms with Gasteiger partial charge in [0.1, 0.15) is 0 Å². The minimum absolute atomic E-state index is 0.0131. The van der Waals surface area contributed by atoms with Crippen molar-refractivity contribution in [2.45, 2.75) is 25.3 Å². The summed E-state index contributed by atoms with van der Waals surface area (Å²) in [5.74, 6) is -1.45. The van der Waals surface area contributed by atoms with E-state index in [0.29, 0.717) is 18.7 Å². The fraction of sp³-hybridized carbons (Fsp3) is 0.455. The number of carboxylic acid groups (broad SMARTS) is 1. The number of anilines is 1. The zero-order valence-electron chi connectivity index (χ0n) is 9.67. The molecule has 7 nitrogen and oxygen atoms in total. The third-order valence-electron chi connectivity index (χ3n) is 3.05. The number of carbonyl (C=O) groups is 2. The lowest BCUT2D eigenvalue weighted by molar-refractivity contribution is -0.141. The smallest absolute Gasteiger partial charge is 0.306 e. The first kappa shape index (κ1) is 12.3. The second-order valence-corrected chi connectivity index (χ2v) is 4.31. The van der Waals surface area contributed by atoms with Gasteiger partial charge in [0.25, 0.3) is 5.91 Å². The van der Waals surface area contributed by atoms with Crippen molar-refractivity contribution in [1.82, 2.24) is 9.97 Å². The fourth-order valence-corrected chi connectivity index (χ4v) is 2.15. The summed E-state index contributed by atoms with van der Waals surface area (Å²) in [6, 6.07) is -0.0131. The number of nitrogens with two attached hydrogens (primary N) is 1. The Hall–Kier alpha value is -2.18. The highest BCUT2D eigenvalue weighted by atomic mass is 16.4. The van der Waals surface area contributed by atoms with E-state index in [4.69, 9.17) is 10.8 Å². The molecule has 0 spiro atoms. The van der Waals surface area contributed by atoms with Crippen molar-refractivity contribution >= 4 is 17.7 Å². The van der Waals surface area contributed by atoms with Crippen molar-refractivity contribution < 1.29 is 14.7 Å². The SMILES string of the molecule is NC(=O)c1nccnc1NC1CCC(C(=O)O)C1. The molecule has 1 fully saturated rings. The van der Waals surface area contributed by atoms with Crippen molar-refractivity contribution in [3.8, 4) is 0 Å². The molecule has 1 heterocycles. The molecule has 0 aromatic carbocycles. The summed E-state index contributed by atoms with van der Waals surface area (Å²) in [6.45, 7) is 0. The van der Waals surface area contributed by atoms with Gasteiger partial charge in [-0.1, -0.05) is 0 Å². The summed E-state index contributed by atoms with van der Waals surface area (Å²) in [4.78, 5) is 29.9. The lowest BCUT2D eigenvalue weighted by Crippen LogP contribution is -2.23. The molecule has 1 aromatic heterocycles. The number of amides is 1. The van der Waals surface area contributed by atoms with E-state index in [2.05, 4.69) is 15.3 Å². The minimum Gasteiger partial charge on any atom is -0.481 e. The zero-order chi connectivity index (χ0) is 13.1. The van der Waals surface area contributed by atoms with Gasteiger partial charge in [-0.15, -0.1) is 0 Å². The van der Waals surface area contributed by atoms with Gasteiger partial charge in [0, 0.05) is 18.4 Å². The van der Waals surface area contributed by atoms with E-state index < -0.39 is 11.9 Å². The lowest BCUT2D eigenvalue weighted by Gasteiger charge is -2.14. The van der Waals surface area contributed by atoms with E-state index in [9.17, 15) is 9.59 Å². The van der Waals surface area contributed by atoms with Crippen LogP contribution < -0.4 is 11.1 Å². The van der Waals surface area contributed by atoms with Crippen LogP contribution in [0.5, 0.6) is 0 Å². The van der Waals surface area contributed by atoms with Crippen molar-refractivity contribution in [1.29, 1.82) is 0 Å². The summed E-state index contributed by atoms with van der Waals surface area (Å²) in [5, 5.41) is 11.9. The largest absolute Gasteiger partial charge is 0.481 e. The molecule has 7 heteroatoms. The summed E-state index contributed by atoms with van der Waals surface area (Å²) in [6.07, 6.45) is 4.72. The molecule has 1 aliphatic carbocycles. The minimum atomic E-state index is -0.784. The third kappa shape index (κ3) is 2.55. The number of hydrogen-bond acceptors (Lipinski definition) is 5. The predicted molar refractivity (Wildman–Crippen MR) is 62.9 cm³/mol. The normalized spacial score (nSPS) is 22.7. The standard InChI is InChI=1S/C11H14N4O3/c12-9(16)8-10(14-4-3-13-8)15-7-2-1-6(5-7)11(17)18/h3-4,6-7H,1-2,5H2,(H2,12,16)(H,14,15)(H,17,18). The molecule has 0 aliphatic heterocycles. The van der Waals surface area contributed by atoms with Crippen molar-refractivity contribution in [3.63, 3.8) is 0 Å². The number of carboxylic acids is 1. The van der Waals surface area contributed by atoms with E-state index in [1.165, 1.54) is 12.4 Å². The van der Waals surface area contributed by atoms with Crippen molar-refractivity contribution in [3.05, 3.63) is 18.1 Å². The van der Waals surface area contributed by atoms with Gasteiger partial charge < -0.3 is 16.2 Å². The van der Waals surface area contributed by atoms with Crippen LogP contribution in [0.1, 0.15) is 29.8 Å². The van der Waals surface area contributed by atoms with Gasteiger partial charge >= 0.3 is 5.97 Å². The van der Waals surface area contributed by atoms with Crippen LogP contribution >= 0.6 is 0 Å². The van der Waals surface area contributed by atoms with E-state index in [1.54, 1.807) is 0 Å². The quantitative estimate of drug-likeness (QED) is 0.704. The van der Waals surface area contributed by atoms with Gasteiger partial charge in [-0.05, 0) is 19.3 Å². The average molecular weight is 250 g/mol. The molecule has 1 aliphatic rings. The Balaban J connectivity index is 2.07. The van der Waals surface area contributed by atoms with Gasteiger partial charge in [0.15, 0.2) is 11.5 Å². The molecular weight excluding hydrogens is 236 g/mol. The Kier molecular flexibility index (Phi) is 3.40. The molecule has 1 aromatic rings. The Morgan fingerprint density at radius 2 is 2.06 bits per heavy atom. The van der Waals surface area contributed by atoms with E-state index in [-0.39, 0.29) is 17.7 Å². The summed E-state index contributed by atoms with van der Waals surface area (Å²) < 4.78 is 0. The second kappa shape index (κ2) is 4.99. The number of carbonyl (C=O) groups excluding carboxylic acids is 1. The number of rotatable bonds is 4. The Morgan fingerprint density at radius 3 is 2.67 bits per heavy atom.